The van der Waals surface area contributed by atoms with Crippen molar-refractivity contribution in [2.45, 2.75) is 6.92 Å². The SMILES string of the molecule is CCOOS. The average Bonchev–Trinajstić information content (AvgIpc) is 1.41. The Balaban J connectivity index is 2.19. The molecule has 0 bridgehead atoms. The molecule has 0 saturated heterocycles. The first-order chi connectivity index (χ1) is 2.41. The minimum Gasteiger partial charge on any atom is -0.225 e. The van der Waals surface area contributed by atoms with Crippen LogP contribution in [0.5, 0.6) is 0 Å². The predicted octanol–water partition coefficient (Wildman–Crippen LogP) is 0.799. The summed E-state index contributed by atoms with van der Waals surface area (Å²) in [6, 6.07) is 0. The lowest BCUT2D eigenvalue weighted by Gasteiger charge is -1.84. The normalized spacial score (nSPS) is 8.40. The van der Waals surface area contributed by atoms with Crippen LogP contribution in [0.3, 0.4) is 0 Å². The van der Waals surface area contributed by atoms with E-state index in [1.54, 1.807) is 0 Å². The van der Waals surface area contributed by atoms with Crippen molar-refractivity contribution in [1.29, 1.82) is 0 Å². The maximum atomic E-state index is 4.20. The van der Waals surface area contributed by atoms with Gasteiger partial charge in [-0.2, -0.15) is 4.33 Å². The van der Waals surface area contributed by atoms with Gasteiger partial charge in [0.15, 0.2) is 0 Å². The fraction of sp³-hybridized carbons (Fsp3) is 1.00. The molecule has 0 radical (unpaired) electrons. The molecule has 0 atom stereocenters. The van der Waals surface area contributed by atoms with E-state index < -0.39 is 0 Å². The van der Waals surface area contributed by atoms with Crippen LogP contribution in [0.15, 0.2) is 0 Å². The van der Waals surface area contributed by atoms with E-state index in [0.29, 0.717) is 6.61 Å². The van der Waals surface area contributed by atoms with E-state index in [2.05, 4.69) is 22.1 Å². The minimum absolute atomic E-state index is 0.545. The van der Waals surface area contributed by atoms with Crippen LogP contribution in [0.4, 0.5) is 0 Å². The third-order valence-electron chi connectivity index (χ3n) is 0.171. The number of thiol groups is 1. The Morgan fingerprint density at radius 1 is 1.80 bits per heavy atom. The van der Waals surface area contributed by atoms with Gasteiger partial charge < -0.3 is 0 Å². The van der Waals surface area contributed by atoms with E-state index in [-0.39, 0.29) is 0 Å². The summed E-state index contributed by atoms with van der Waals surface area (Å²) in [7, 11) is 0. The van der Waals surface area contributed by atoms with Crippen LogP contribution in [0.1, 0.15) is 6.92 Å². The largest absolute Gasteiger partial charge is 0.225 e. The summed E-state index contributed by atoms with van der Waals surface area (Å²) in [4.78, 5) is 4.20. The van der Waals surface area contributed by atoms with E-state index >= 15 is 0 Å². The Kier molecular flexibility index (Phi) is 4.50. The molecule has 0 unspecified atom stereocenters. The standard InChI is InChI=1S/C2H6O2S/c1-2-3-4-5/h5H,2H2,1H3. The van der Waals surface area contributed by atoms with Gasteiger partial charge in [-0.05, 0) is 6.92 Å². The third-order valence-corrected chi connectivity index (χ3v) is 0.276. The van der Waals surface area contributed by atoms with Crippen LogP contribution >= 0.6 is 12.9 Å². The molecule has 0 N–H and O–H groups in total. The third kappa shape index (κ3) is 4.27. The molecule has 0 amide bonds. The lowest BCUT2D eigenvalue weighted by molar-refractivity contribution is -0.182. The summed E-state index contributed by atoms with van der Waals surface area (Å²) in [5.74, 6) is 0. The minimum atomic E-state index is 0.545. The molecule has 0 heterocycles. The highest BCUT2D eigenvalue weighted by atomic mass is 32.1. The van der Waals surface area contributed by atoms with Crippen molar-refractivity contribution in [3.05, 3.63) is 0 Å². The zero-order valence-electron chi connectivity index (χ0n) is 2.97. The molecular weight excluding hydrogens is 88.1 g/mol. The van der Waals surface area contributed by atoms with E-state index in [1.165, 1.54) is 0 Å². The summed E-state index contributed by atoms with van der Waals surface area (Å²) in [5, 5.41) is 0. The van der Waals surface area contributed by atoms with E-state index in [1.807, 2.05) is 6.92 Å². The van der Waals surface area contributed by atoms with Gasteiger partial charge >= 0.3 is 0 Å². The van der Waals surface area contributed by atoms with Crippen LogP contribution < -0.4 is 0 Å². The molecule has 0 aliphatic carbocycles. The van der Waals surface area contributed by atoms with Crippen LogP contribution in [0.25, 0.3) is 0 Å². The molecule has 32 valence electrons. The molecule has 5 heavy (non-hydrogen) atoms. The summed E-state index contributed by atoms with van der Waals surface area (Å²) < 4.78 is 3.89. The molecule has 0 aliphatic heterocycles. The Bertz CT molecular complexity index is 15.1. The molecule has 0 aliphatic rings. The van der Waals surface area contributed by atoms with E-state index in [9.17, 15) is 0 Å². The topological polar surface area (TPSA) is 18.5 Å². The molecule has 0 saturated carbocycles. The highest BCUT2D eigenvalue weighted by molar-refractivity contribution is 7.74. The van der Waals surface area contributed by atoms with Gasteiger partial charge in [0, 0.05) is 12.9 Å². The van der Waals surface area contributed by atoms with Gasteiger partial charge in [0.2, 0.25) is 0 Å². The van der Waals surface area contributed by atoms with Crippen molar-refractivity contribution in [3.8, 4) is 0 Å². The van der Waals surface area contributed by atoms with Crippen molar-refractivity contribution in [1.82, 2.24) is 0 Å². The van der Waals surface area contributed by atoms with Gasteiger partial charge in [-0.3, -0.25) is 0 Å². The molecule has 2 nitrogen and oxygen atoms in total. The average molecular weight is 94.1 g/mol. The first kappa shape index (κ1) is 5.27. The van der Waals surface area contributed by atoms with Crippen LogP contribution in [-0.2, 0) is 9.22 Å². The second-order valence-corrected chi connectivity index (χ2v) is 0.630. The highest BCUT2D eigenvalue weighted by Crippen LogP contribution is 1.76. The van der Waals surface area contributed by atoms with Crippen molar-refractivity contribution >= 4 is 12.9 Å². The van der Waals surface area contributed by atoms with E-state index in [0.717, 1.165) is 0 Å². The monoisotopic (exact) mass is 94.0 g/mol. The van der Waals surface area contributed by atoms with Crippen molar-refractivity contribution in [2.75, 3.05) is 6.61 Å². The fourth-order valence-corrected chi connectivity index (χ4v) is 0.158. The second kappa shape index (κ2) is 4.27. The van der Waals surface area contributed by atoms with Gasteiger partial charge in [0.25, 0.3) is 0 Å². The summed E-state index contributed by atoms with van der Waals surface area (Å²) in [5.41, 5.74) is 0. The number of hydrogen-bond donors (Lipinski definition) is 1. The number of rotatable bonds is 2. The molecule has 0 aromatic carbocycles. The lowest BCUT2D eigenvalue weighted by atomic mass is 10.9. The molecule has 0 rings (SSSR count). The van der Waals surface area contributed by atoms with Crippen LogP contribution in [-0.4, -0.2) is 6.61 Å². The Hall–Kier alpha value is 0.270. The molecule has 0 aromatic heterocycles. The lowest BCUT2D eigenvalue weighted by Crippen LogP contribution is -1.78. The summed E-state index contributed by atoms with van der Waals surface area (Å²) in [6.07, 6.45) is 0. The fourth-order valence-electron chi connectivity index (χ4n) is 0.0527. The molecule has 3 heteroatoms. The van der Waals surface area contributed by atoms with Gasteiger partial charge in [-0.1, -0.05) is 0 Å². The molecular formula is C2H6O2S. The van der Waals surface area contributed by atoms with Gasteiger partial charge in [-0.15, -0.1) is 0 Å². The number of hydrogen-bond acceptors (Lipinski definition) is 3. The zero-order chi connectivity index (χ0) is 4.12. The van der Waals surface area contributed by atoms with Crippen molar-refractivity contribution < 1.29 is 9.22 Å². The second-order valence-electron chi connectivity index (χ2n) is 0.481. The van der Waals surface area contributed by atoms with Crippen LogP contribution in [0.2, 0.25) is 0 Å². The maximum Gasteiger partial charge on any atom is 0.0806 e. The zero-order valence-corrected chi connectivity index (χ0v) is 3.87. The van der Waals surface area contributed by atoms with Gasteiger partial charge in [0.05, 0.1) is 6.61 Å². The smallest absolute Gasteiger partial charge is 0.0806 e. The first-order valence-electron chi connectivity index (χ1n) is 1.35. The van der Waals surface area contributed by atoms with Crippen molar-refractivity contribution in [2.24, 2.45) is 0 Å². The molecule has 0 spiro atoms. The Morgan fingerprint density at radius 2 is 2.40 bits per heavy atom. The van der Waals surface area contributed by atoms with Crippen LogP contribution in [0, 0.1) is 0 Å². The Morgan fingerprint density at radius 3 is 2.40 bits per heavy atom. The summed E-state index contributed by atoms with van der Waals surface area (Å²) in [6.45, 7) is 2.36. The molecule has 0 fully saturated rings. The highest BCUT2D eigenvalue weighted by Gasteiger charge is 1.65. The Labute approximate surface area is 36.6 Å². The van der Waals surface area contributed by atoms with Crippen molar-refractivity contribution in [3.63, 3.8) is 0 Å². The molecule has 0 aromatic rings. The van der Waals surface area contributed by atoms with Gasteiger partial charge in [-0.25, -0.2) is 4.89 Å². The first-order valence-corrected chi connectivity index (χ1v) is 1.71. The van der Waals surface area contributed by atoms with E-state index in [4.69, 9.17) is 0 Å². The summed E-state index contributed by atoms with van der Waals surface area (Å²) >= 11 is 3.28. The quantitative estimate of drug-likeness (QED) is 0.236. The van der Waals surface area contributed by atoms with Gasteiger partial charge in [0.1, 0.15) is 0 Å². The maximum absolute atomic E-state index is 4.20. The predicted molar refractivity (Wildman–Crippen MR) is 21.7 cm³/mol.